The summed E-state index contributed by atoms with van der Waals surface area (Å²) < 4.78 is 5.41. The van der Waals surface area contributed by atoms with Crippen molar-refractivity contribution in [1.82, 2.24) is 4.98 Å². The number of para-hydroxylation sites is 2. The fourth-order valence-electron chi connectivity index (χ4n) is 1.78. The number of carbonyl (C=O) groups is 1. The Morgan fingerprint density at radius 3 is 2.53 bits per heavy atom. The van der Waals surface area contributed by atoms with E-state index < -0.39 is 0 Å². The first-order valence-corrected chi connectivity index (χ1v) is 5.96. The van der Waals surface area contributed by atoms with E-state index in [0.29, 0.717) is 11.1 Å². The number of hydrogen-bond acceptors (Lipinski definition) is 3. The molecule has 3 aromatic rings. The molecule has 3 nitrogen and oxygen atoms in total. The topological polar surface area (TPSA) is 43.1 Å². The molecule has 2 aromatic carbocycles. The minimum absolute atomic E-state index is 0.119. The van der Waals surface area contributed by atoms with Crippen LogP contribution in [0.4, 0.5) is 0 Å². The molecule has 0 aliphatic carbocycles. The molecule has 0 saturated heterocycles. The SMILES string of the molecule is O=C(C=Cc1ccccc1)c1nc2ccccc2o1. The fraction of sp³-hybridized carbons (Fsp3) is 0. The summed E-state index contributed by atoms with van der Waals surface area (Å²) in [6.45, 7) is 0. The van der Waals surface area contributed by atoms with Crippen molar-refractivity contribution in [2.75, 3.05) is 0 Å². The van der Waals surface area contributed by atoms with Crippen LogP contribution in [-0.4, -0.2) is 10.8 Å². The maximum Gasteiger partial charge on any atom is 0.268 e. The van der Waals surface area contributed by atoms with Crippen LogP contribution in [0.15, 0.2) is 65.1 Å². The summed E-state index contributed by atoms with van der Waals surface area (Å²) in [5, 5.41) is 0. The lowest BCUT2D eigenvalue weighted by Crippen LogP contribution is -1.93. The van der Waals surface area contributed by atoms with Gasteiger partial charge in [-0.1, -0.05) is 48.5 Å². The third-order valence-electron chi connectivity index (χ3n) is 2.73. The van der Waals surface area contributed by atoms with Gasteiger partial charge in [0.1, 0.15) is 5.52 Å². The van der Waals surface area contributed by atoms with Crippen molar-refractivity contribution in [2.45, 2.75) is 0 Å². The maximum atomic E-state index is 11.9. The lowest BCUT2D eigenvalue weighted by Gasteiger charge is -1.90. The summed E-state index contributed by atoms with van der Waals surface area (Å²) in [7, 11) is 0. The molecular formula is C16H11NO2. The monoisotopic (exact) mass is 249 g/mol. The third kappa shape index (κ3) is 2.45. The van der Waals surface area contributed by atoms with Gasteiger partial charge in [-0.05, 0) is 23.8 Å². The zero-order valence-corrected chi connectivity index (χ0v) is 10.1. The number of benzene rings is 2. The van der Waals surface area contributed by atoms with Gasteiger partial charge in [-0.25, -0.2) is 4.98 Å². The molecule has 0 aliphatic heterocycles. The number of oxazole rings is 1. The molecule has 0 spiro atoms. The minimum Gasteiger partial charge on any atom is -0.433 e. The summed E-state index contributed by atoms with van der Waals surface area (Å²) in [4.78, 5) is 16.1. The van der Waals surface area contributed by atoms with Crippen molar-refractivity contribution in [3.05, 3.63) is 72.1 Å². The van der Waals surface area contributed by atoms with Crippen molar-refractivity contribution in [1.29, 1.82) is 0 Å². The average Bonchev–Trinajstić information content (AvgIpc) is 2.90. The van der Waals surface area contributed by atoms with E-state index in [1.54, 1.807) is 12.1 Å². The highest BCUT2D eigenvalue weighted by molar-refractivity contribution is 6.04. The van der Waals surface area contributed by atoms with Crippen molar-refractivity contribution >= 4 is 23.0 Å². The summed E-state index contributed by atoms with van der Waals surface area (Å²) in [5.74, 6) is -0.117. The number of allylic oxidation sites excluding steroid dienone is 1. The number of nitrogens with zero attached hydrogens (tertiary/aromatic N) is 1. The van der Waals surface area contributed by atoms with E-state index in [0.717, 1.165) is 5.56 Å². The Balaban J connectivity index is 1.86. The molecule has 3 heteroatoms. The Hall–Kier alpha value is -2.68. The van der Waals surface area contributed by atoms with Crippen LogP contribution >= 0.6 is 0 Å². The number of aromatic nitrogens is 1. The normalized spacial score (nSPS) is 11.2. The van der Waals surface area contributed by atoms with Crippen LogP contribution in [0.3, 0.4) is 0 Å². The van der Waals surface area contributed by atoms with Gasteiger partial charge < -0.3 is 4.42 Å². The van der Waals surface area contributed by atoms with Gasteiger partial charge in [0.15, 0.2) is 5.58 Å². The summed E-state index contributed by atoms with van der Waals surface area (Å²) >= 11 is 0. The molecule has 0 N–H and O–H groups in total. The second-order valence-corrected chi connectivity index (χ2v) is 4.10. The lowest BCUT2D eigenvalue weighted by atomic mass is 10.2. The van der Waals surface area contributed by atoms with Crippen molar-refractivity contribution < 1.29 is 9.21 Å². The number of ketones is 1. The first-order chi connectivity index (χ1) is 9.33. The minimum atomic E-state index is -0.236. The molecule has 1 heterocycles. The van der Waals surface area contributed by atoms with Crippen LogP contribution < -0.4 is 0 Å². The first kappa shape index (κ1) is 11.4. The van der Waals surface area contributed by atoms with Crippen LogP contribution in [0.25, 0.3) is 17.2 Å². The van der Waals surface area contributed by atoms with Crippen LogP contribution in [0.5, 0.6) is 0 Å². The fourth-order valence-corrected chi connectivity index (χ4v) is 1.78. The van der Waals surface area contributed by atoms with Gasteiger partial charge in [-0.15, -0.1) is 0 Å². The summed E-state index contributed by atoms with van der Waals surface area (Å²) in [6.07, 6.45) is 3.22. The van der Waals surface area contributed by atoms with Crippen LogP contribution in [0, 0.1) is 0 Å². The maximum absolute atomic E-state index is 11.9. The molecule has 0 unspecified atom stereocenters. The van der Waals surface area contributed by atoms with E-state index in [1.807, 2.05) is 48.5 Å². The van der Waals surface area contributed by atoms with E-state index >= 15 is 0 Å². The largest absolute Gasteiger partial charge is 0.433 e. The molecule has 92 valence electrons. The van der Waals surface area contributed by atoms with Crippen molar-refractivity contribution in [3.8, 4) is 0 Å². The molecule has 19 heavy (non-hydrogen) atoms. The molecule has 1 aromatic heterocycles. The molecule has 0 saturated carbocycles. The number of hydrogen-bond donors (Lipinski definition) is 0. The molecule has 0 amide bonds. The number of fused-ring (bicyclic) bond motifs is 1. The van der Waals surface area contributed by atoms with Gasteiger partial charge in [0.05, 0.1) is 0 Å². The van der Waals surface area contributed by atoms with E-state index in [1.165, 1.54) is 6.08 Å². The predicted molar refractivity (Wildman–Crippen MR) is 73.8 cm³/mol. The Labute approximate surface area is 110 Å². The van der Waals surface area contributed by atoms with Gasteiger partial charge in [0.2, 0.25) is 5.78 Å². The second kappa shape index (κ2) is 4.90. The zero-order chi connectivity index (χ0) is 13.1. The van der Waals surface area contributed by atoms with Crippen LogP contribution in [0.1, 0.15) is 16.2 Å². The van der Waals surface area contributed by atoms with Crippen LogP contribution in [0.2, 0.25) is 0 Å². The lowest BCUT2D eigenvalue weighted by molar-refractivity contribution is 0.101. The standard InChI is InChI=1S/C16H11NO2/c18-14(11-10-12-6-2-1-3-7-12)16-17-13-8-4-5-9-15(13)19-16/h1-11H. The smallest absolute Gasteiger partial charge is 0.268 e. The van der Waals surface area contributed by atoms with Crippen molar-refractivity contribution in [2.24, 2.45) is 0 Å². The summed E-state index contributed by atoms with van der Waals surface area (Å²) in [5.41, 5.74) is 2.28. The predicted octanol–water partition coefficient (Wildman–Crippen LogP) is 3.72. The summed E-state index contributed by atoms with van der Waals surface area (Å²) in [6, 6.07) is 16.9. The quantitative estimate of drug-likeness (QED) is 0.524. The van der Waals surface area contributed by atoms with Gasteiger partial charge in [0.25, 0.3) is 5.89 Å². The molecule has 0 radical (unpaired) electrons. The molecule has 0 fully saturated rings. The Bertz CT molecular complexity index is 709. The Morgan fingerprint density at radius 2 is 1.74 bits per heavy atom. The molecule has 3 rings (SSSR count). The van der Waals surface area contributed by atoms with Gasteiger partial charge in [-0.2, -0.15) is 0 Å². The first-order valence-electron chi connectivity index (χ1n) is 5.96. The van der Waals surface area contributed by atoms with Gasteiger partial charge in [0, 0.05) is 0 Å². The highest BCUT2D eigenvalue weighted by atomic mass is 16.4. The van der Waals surface area contributed by atoms with E-state index in [-0.39, 0.29) is 11.7 Å². The van der Waals surface area contributed by atoms with Gasteiger partial charge in [-0.3, -0.25) is 4.79 Å². The Morgan fingerprint density at radius 1 is 1.00 bits per heavy atom. The molecule has 0 bridgehead atoms. The third-order valence-corrected chi connectivity index (χ3v) is 2.73. The highest BCUT2D eigenvalue weighted by Gasteiger charge is 2.10. The van der Waals surface area contributed by atoms with E-state index in [2.05, 4.69) is 4.98 Å². The Kier molecular flexibility index (Phi) is 2.94. The van der Waals surface area contributed by atoms with E-state index in [9.17, 15) is 4.79 Å². The van der Waals surface area contributed by atoms with Gasteiger partial charge >= 0.3 is 0 Å². The van der Waals surface area contributed by atoms with E-state index in [4.69, 9.17) is 4.42 Å². The molecule has 0 atom stereocenters. The molecule has 0 aliphatic rings. The number of carbonyl (C=O) groups excluding carboxylic acids is 1. The average molecular weight is 249 g/mol. The second-order valence-electron chi connectivity index (χ2n) is 4.10. The number of rotatable bonds is 3. The van der Waals surface area contributed by atoms with Crippen LogP contribution in [-0.2, 0) is 0 Å². The molecular weight excluding hydrogens is 238 g/mol. The zero-order valence-electron chi connectivity index (χ0n) is 10.1. The highest BCUT2D eigenvalue weighted by Crippen LogP contribution is 2.15. The van der Waals surface area contributed by atoms with Crippen molar-refractivity contribution in [3.63, 3.8) is 0 Å².